The fourth-order valence-electron chi connectivity index (χ4n) is 2.80. The van der Waals surface area contributed by atoms with Crippen molar-refractivity contribution in [2.75, 3.05) is 6.61 Å². The highest BCUT2D eigenvalue weighted by Gasteiger charge is 2.54. The van der Waals surface area contributed by atoms with E-state index in [2.05, 4.69) is 5.32 Å². The molecule has 0 amide bonds. The van der Waals surface area contributed by atoms with Gasteiger partial charge >= 0.3 is 5.97 Å². The van der Waals surface area contributed by atoms with E-state index < -0.39 is 11.5 Å². The van der Waals surface area contributed by atoms with Crippen molar-refractivity contribution in [3.8, 4) is 5.75 Å². The van der Waals surface area contributed by atoms with E-state index in [1.165, 1.54) is 0 Å². The lowest BCUT2D eigenvalue weighted by Crippen LogP contribution is -2.59. The molecule has 0 aromatic heterocycles. The van der Waals surface area contributed by atoms with Crippen molar-refractivity contribution in [3.63, 3.8) is 0 Å². The molecule has 2 aliphatic rings. The van der Waals surface area contributed by atoms with Crippen LogP contribution >= 0.6 is 0 Å². The molecule has 1 aromatic rings. The van der Waals surface area contributed by atoms with Crippen LogP contribution in [0.2, 0.25) is 0 Å². The Labute approximate surface area is 125 Å². The van der Waals surface area contributed by atoms with E-state index in [0.29, 0.717) is 6.04 Å². The third-order valence-electron chi connectivity index (χ3n) is 4.49. The van der Waals surface area contributed by atoms with Gasteiger partial charge in [0.25, 0.3) is 0 Å². The summed E-state index contributed by atoms with van der Waals surface area (Å²) in [5.41, 5.74) is 1.25. The monoisotopic (exact) mass is 289 g/mol. The zero-order valence-corrected chi connectivity index (χ0v) is 12.7. The molecule has 0 spiro atoms. The van der Waals surface area contributed by atoms with Gasteiger partial charge in [-0.2, -0.15) is 0 Å². The Morgan fingerprint density at radius 1 is 1.33 bits per heavy atom. The summed E-state index contributed by atoms with van der Waals surface area (Å²) in [6, 6.07) is 6.38. The van der Waals surface area contributed by atoms with Gasteiger partial charge in [0.2, 0.25) is 0 Å². The van der Waals surface area contributed by atoms with E-state index in [4.69, 9.17) is 4.74 Å². The first-order chi connectivity index (χ1) is 10.0. The SMILES string of the molecule is Cc1ccc(C)c(OCC(NC2CC2)(C(=O)O)C2CC2)c1. The van der Waals surface area contributed by atoms with Gasteiger partial charge in [0.15, 0.2) is 5.54 Å². The van der Waals surface area contributed by atoms with Gasteiger partial charge in [0.05, 0.1) is 0 Å². The lowest BCUT2D eigenvalue weighted by atomic mass is 9.94. The molecule has 1 unspecified atom stereocenters. The van der Waals surface area contributed by atoms with Crippen LogP contribution in [0.3, 0.4) is 0 Å². The standard InChI is InChI=1S/C17H23NO3/c1-11-3-4-12(2)15(9-11)21-10-17(16(19)20,13-5-6-13)18-14-7-8-14/h3-4,9,13-14,18H,5-8,10H2,1-2H3,(H,19,20). The third kappa shape index (κ3) is 3.05. The average Bonchev–Trinajstić information content (AvgIpc) is 3.30. The van der Waals surface area contributed by atoms with Gasteiger partial charge in [0, 0.05) is 6.04 Å². The first-order valence-corrected chi connectivity index (χ1v) is 7.72. The van der Waals surface area contributed by atoms with Crippen LogP contribution in [0.15, 0.2) is 18.2 Å². The van der Waals surface area contributed by atoms with Crippen LogP contribution in [0.25, 0.3) is 0 Å². The molecule has 0 saturated heterocycles. The van der Waals surface area contributed by atoms with Gasteiger partial charge in [-0.3, -0.25) is 10.1 Å². The van der Waals surface area contributed by atoms with Crippen LogP contribution in [0.1, 0.15) is 36.8 Å². The number of aryl methyl sites for hydroxylation is 2. The van der Waals surface area contributed by atoms with Gasteiger partial charge in [-0.15, -0.1) is 0 Å². The Morgan fingerprint density at radius 3 is 2.62 bits per heavy atom. The van der Waals surface area contributed by atoms with E-state index in [9.17, 15) is 9.90 Å². The van der Waals surface area contributed by atoms with Gasteiger partial charge in [0.1, 0.15) is 12.4 Å². The maximum atomic E-state index is 11.9. The predicted molar refractivity (Wildman–Crippen MR) is 80.7 cm³/mol. The third-order valence-corrected chi connectivity index (χ3v) is 4.49. The Morgan fingerprint density at radius 2 is 2.05 bits per heavy atom. The van der Waals surface area contributed by atoms with Crippen LogP contribution < -0.4 is 10.1 Å². The summed E-state index contributed by atoms with van der Waals surface area (Å²) in [6.07, 6.45) is 4.10. The molecule has 0 aliphatic heterocycles. The van der Waals surface area contributed by atoms with Crippen molar-refractivity contribution in [1.29, 1.82) is 0 Å². The number of ether oxygens (including phenoxy) is 1. The van der Waals surface area contributed by atoms with Crippen LogP contribution in [0.5, 0.6) is 5.75 Å². The predicted octanol–water partition coefficient (Wildman–Crippen LogP) is 2.67. The minimum Gasteiger partial charge on any atom is -0.491 e. The molecule has 2 fully saturated rings. The largest absolute Gasteiger partial charge is 0.491 e. The molecule has 4 heteroatoms. The fourth-order valence-corrected chi connectivity index (χ4v) is 2.80. The highest BCUT2D eigenvalue weighted by Crippen LogP contribution is 2.42. The second kappa shape index (κ2) is 5.34. The minimum atomic E-state index is -0.919. The number of aliphatic carboxylic acids is 1. The Bertz CT molecular complexity index is 549. The topological polar surface area (TPSA) is 58.6 Å². The summed E-state index contributed by atoms with van der Waals surface area (Å²) in [7, 11) is 0. The summed E-state index contributed by atoms with van der Waals surface area (Å²) >= 11 is 0. The zero-order chi connectivity index (χ0) is 15.0. The average molecular weight is 289 g/mol. The van der Waals surface area contributed by atoms with Crippen LogP contribution in [0, 0.1) is 19.8 Å². The summed E-state index contributed by atoms with van der Waals surface area (Å²) in [5.74, 6) is 0.210. The van der Waals surface area contributed by atoms with E-state index >= 15 is 0 Å². The Hall–Kier alpha value is -1.55. The molecule has 114 valence electrons. The molecule has 0 heterocycles. The maximum Gasteiger partial charge on any atom is 0.327 e. The van der Waals surface area contributed by atoms with Crippen molar-refractivity contribution >= 4 is 5.97 Å². The number of benzene rings is 1. The maximum absolute atomic E-state index is 11.9. The molecule has 1 aromatic carbocycles. The first kappa shape index (κ1) is 14.4. The Balaban J connectivity index is 1.77. The van der Waals surface area contributed by atoms with Crippen molar-refractivity contribution in [2.45, 2.75) is 51.1 Å². The molecule has 2 saturated carbocycles. The number of hydrogen-bond donors (Lipinski definition) is 2. The van der Waals surface area contributed by atoms with Gasteiger partial charge in [-0.25, -0.2) is 0 Å². The molecule has 2 N–H and O–H groups in total. The van der Waals surface area contributed by atoms with Crippen LogP contribution in [-0.2, 0) is 4.79 Å². The van der Waals surface area contributed by atoms with Crippen molar-refractivity contribution in [3.05, 3.63) is 29.3 Å². The molecule has 2 aliphatic carbocycles. The van der Waals surface area contributed by atoms with E-state index in [-0.39, 0.29) is 12.5 Å². The zero-order valence-electron chi connectivity index (χ0n) is 12.7. The number of nitrogens with one attached hydrogen (secondary N) is 1. The van der Waals surface area contributed by atoms with E-state index in [0.717, 1.165) is 42.6 Å². The van der Waals surface area contributed by atoms with Crippen molar-refractivity contribution in [2.24, 2.45) is 5.92 Å². The molecular formula is C17H23NO3. The van der Waals surface area contributed by atoms with Crippen LogP contribution in [-0.4, -0.2) is 29.3 Å². The highest BCUT2D eigenvalue weighted by atomic mass is 16.5. The lowest BCUT2D eigenvalue weighted by molar-refractivity contribution is -0.147. The van der Waals surface area contributed by atoms with E-state index in [1.807, 2.05) is 32.0 Å². The van der Waals surface area contributed by atoms with E-state index in [1.54, 1.807) is 0 Å². The smallest absolute Gasteiger partial charge is 0.327 e. The minimum absolute atomic E-state index is 0.195. The summed E-state index contributed by atoms with van der Waals surface area (Å²) < 4.78 is 5.93. The van der Waals surface area contributed by atoms with Crippen LogP contribution in [0.4, 0.5) is 0 Å². The number of hydrogen-bond acceptors (Lipinski definition) is 3. The summed E-state index contributed by atoms with van der Waals surface area (Å²) in [6.45, 7) is 4.20. The number of carboxylic acid groups (broad SMARTS) is 1. The fraction of sp³-hybridized carbons (Fsp3) is 0.588. The second-order valence-corrected chi connectivity index (χ2v) is 6.53. The lowest BCUT2D eigenvalue weighted by Gasteiger charge is -2.31. The Kier molecular flexibility index (Phi) is 3.66. The molecular weight excluding hydrogens is 266 g/mol. The van der Waals surface area contributed by atoms with Gasteiger partial charge in [-0.05, 0) is 62.6 Å². The molecule has 1 atom stereocenters. The number of carboxylic acids is 1. The molecule has 4 nitrogen and oxygen atoms in total. The molecule has 0 bridgehead atoms. The number of rotatable bonds is 7. The first-order valence-electron chi connectivity index (χ1n) is 7.72. The molecule has 3 rings (SSSR count). The second-order valence-electron chi connectivity index (χ2n) is 6.53. The molecule has 0 radical (unpaired) electrons. The van der Waals surface area contributed by atoms with Crippen molar-refractivity contribution in [1.82, 2.24) is 5.32 Å². The summed E-state index contributed by atoms with van der Waals surface area (Å²) in [4.78, 5) is 11.9. The van der Waals surface area contributed by atoms with Crippen molar-refractivity contribution < 1.29 is 14.6 Å². The van der Waals surface area contributed by atoms with Gasteiger partial charge < -0.3 is 9.84 Å². The molecule has 21 heavy (non-hydrogen) atoms. The normalized spacial score (nSPS) is 20.9. The van der Waals surface area contributed by atoms with Gasteiger partial charge in [-0.1, -0.05) is 12.1 Å². The quantitative estimate of drug-likeness (QED) is 0.810. The summed E-state index contributed by atoms with van der Waals surface area (Å²) in [5, 5.41) is 13.1. The number of carbonyl (C=O) groups is 1. The highest BCUT2D eigenvalue weighted by molar-refractivity contribution is 5.80.